The first-order chi connectivity index (χ1) is 13.6. The van der Waals surface area contributed by atoms with Crippen molar-refractivity contribution < 1.29 is 4.79 Å². The van der Waals surface area contributed by atoms with Gasteiger partial charge in [0.25, 0.3) is 5.91 Å². The van der Waals surface area contributed by atoms with Crippen LogP contribution in [0, 0.1) is 0 Å². The fourth-order valence-corrected chi connectivity index (χ4v) is 3.38. The predicted molar refractivity (Wildman–Crippen MR) is 110 cm³/mol. The van der Waals surface area contributed by atoms with Crippen LogP contribution in [0.25, 0.3) is 11.0 Å². The number of hydrogen-bond acceptors (Lipinski definition) is 3. The van der Waals surface area contributed by atoms with E-state index in [1.165, 1.54) is 0 Å². The lowest BCUT2D eigenvalue weighted by molar-refractivity contribution is 0.0774. The van der Waals surface area contributed by atoms with E-state index >= 15 is 0 Å². The van der Waals surface area contributed by atoms with Gasteiger partial charge in [-0.25, -0.2) is 4.98 Å². The summed E-state index contributed by atoms with van der Waals surface area (Å²) >= 11 is 6.37. The van der Waals surface area contributed by atoms with Crippen molar-refractivity contribution in [3.63, 3.8) is 0 Å². The molecule has 0 aliphatic carbocycles. The van der Waals surface area contributed by atoms with Crippen molar-refractivity contribution in [2.45, 2.75) is 13.1 Å². The summed E-state index contributed by atoms with van der Waals surface area (Å²) in [6.07, 6.45) is 1.62. The monoisotopic (exact) mass is 390 g/mol. The summed E-state index contributed by atoms with van der Waals surface area (Å²) in [5.74, 6) is 0.657. The Morgan fingerprint density at radius 3 is 2.57 bits per heavy atom. The van der Waals surface area contributed by atoms with Gasteiger partial charge in [-0.05, 0) is 35.9 Å². The summed E-state index contributed by atoms with van der Waals surface area (Å²) in [4.78, 5) is 23.2. The minimum atomic E-state index is -0.142. The second-order valence-corrected chi connectivity index (χ2v) is 6.98. The van der Waals surface area contributed by atoms with Gasteiger partial charge >= 0.3 is 0 Å². The van der Waals surface area contributed by atoms with Crippen molar-refractivity contribution in [3.05, 3.63) is 95.0 Å². The molecule has 0 aliphatic heterocycles. The first-order valence-electron chi connectivity index (χ1n) is 8.97. The van der Waals surface area contributed by atoms with E-state index in [9.17, 15) is 4.79 Å². The number of pyridine rings is 1. The largest absolute Gasteiger partial charge is 0.333 e. The van der Waals surface area contributed by atoms with Gasteiger partial charge in [0.05, 0.1) is 24.1 Å². The fourth-order valence-electron chi connectivity index (χ4n) is 3.19. The zero-order valence-electron chi connectivity index (χ0n) is 15.4. The molecule has 4 rings (SSSR count). The van der Waals surface area contributed by atoms with Gasteiger partial charge in [0.2, 0.25) is 0 Å². The quantitative estimate of drug-likeness (QED) is 0.507. The second kappa shape index (κ2) is 7.82. The van der Waals surface area contributed by atoms with Gasteiger partial charge in [0.1, 0.15) is 11.5 Å². The molecule has 4 aromatic rings. The first kappa shape index (κ1) is 18.2. The Bertz CT molecular complexity index is 1120. The highest BCUT2D eigenvalue weighted by molar-refractivity contribution is 6.31. The standard InChI is InChI=1S/C22H19ClN4O/c1-26(22(28)19-11-6-7-13-24-19)15-21-25-18-10-4-5-12-20(18)27(21)14-16-8-2-3-9-17(16)23/h2-13H,14-15H2,1H3. The summed E-state index contributed by atoms with van der Waals surface area (Å²) in [5, 5.41) is 0.712. The van der Waals surface area contributed by atoms with Gasteiger partial charge in [-0.15, -0.1) is 0 Å². The number of carbonyl (C=O) groups excluding carboxylic acids is 1. The molecular formula is C22H19ClN4O. The number of fused-ring (bicyclic) bond motifs is 1. The molecule has 2 heterocycles. The van der Waals surface area contributed by atoms with Gasteiger partial charge in [0, 0.05) is 18.3 Å². The summed E-state index contributed by atoms with van der Waals surface area (Å²) in [7, 11) is 1.76. The van der Waals surface area contributed by atoms with Gasteiger partial charge in [-0.3, -0.25) is 9.78 Å². The topological polar surface area (TPSA) is 51.0 Å². The highest BCUT2D eigenvalue weighted by Gasteiger charge is 2.18. The van der Waals surface area contributed by atoms with Crippen molar-refractivity contribution in [1.29, 1.82) is 0 Å². The third-order valence-electron chi connectivity index (χ3n) is 4.63. The fraction of sp³-hybridized carbons (Fsp3) is 0.136. The molecule has 0 radical (unpaired) electrons. The summed E-state index contributed by atoms with van der Waals surface area (Å²) < 4.78 is 2.11. The van der Waals surface area contributed by atoms with E-state index in [1.54, 1.807) is 36.3 Å². The lowest BCUT2D eigenvalue weighted by Crippen LogP contribution is -2.28. The third-order valence-corrected chi connectivity index (χ3v) is 5.00. The maximum absolute atomic E-state index is 12.7. The molecule has 0 bridgehead atoms. The van der Waals surface area contributed by atoms with Crippen LogP contribution in [0.4, 0.5) is 0 Å². The number of imidazole rings is 1. The number of rotatable bonds is 5. The molecule has 0 spiro atoms. The van der Waals surface area contributed by atoms with Gasteiger partial charge < -0.3 is 9.47 Å². The Hall–Kier alpha value is -3.18. The van der Waals surface area contributed by atoms with Crippen LogP contribution >= 0.6 is 11.6 Å². The Morgan fingerprint density at radius 2 is 1.79 bits per heavy atom. The Kier molecular flexibility index (Phi) is 5.08. The maximum atomic E-state index is 12.7. The number of hydrogen-bond donors (Lipinski definition) is 0. The minimum absolute atomic E-state index is 0.142. The highest BCUT2D eigenvalue weighted by atomic mass is 35.5. The normalized spacial score (nSPS) is 10.9. The van der Waals surface area contributed by atoms with Crippen molar-refractivity contribution in [3.8, 4) is 0 Å². The predicted octanol–water partition coefficient (Wildman–Crippen LogP) is 4.41. The molecule has 0 saturated heterocycles. The number of aromatic nitrogens is 3. The number of nitrogens with zero attached hydrogens (tertiary/aromatic N) is 4. The molecule has 2 aromatic carbocycles. The van der Waals surface area contributed by atoms with Crippen LogP contribution in [0.15, 0.2) is 72.9 Å². The molecule has 6 heteroatoms. The van der Waals surface area contributed by atoms with Crippen molar-refractivity contribution >= 4 is 28.5 Å². The van der Waals surface area contributed by atoms with Crippen LogP contribution in [-0.4, -0.2) is 32.4 Å². The SMILES string of the molecule is CN(Cc1nc2ccccc2n1Cc1ccccc1Cl)C(=O)c1ccccn1. The van der Waals surface area contributed by atoms with Crippen LogP contribution in [0.5, 0.6) is 0 Å². The summed E-state index contributed by atoms with van der Waals surface area (Å²) in [6, 6.07) is 21.0. The van der Waals surface area contributed by atoms with E-state index in [4.69, 9.17) is 16.6 Å². The highest BCUT2D eigenvalue weighted by Crippen LogP contribution is 2.22. The van der Waals surface area contributed by atoms with E-state index in [0.29, 0.717) is 23.8 Å². The molecule has 28 heavy (non-hydrogen) atoms. The van der Waals surface area contributed by atoms with E-state index in [1.807, 2.05) is 48.5 Å². The van der Waals surface area contributed by atoms with Crippen molar-refractivity contribution in [1.82, 2.24) is 19.4 Å². The van der Waals surface area contributed by atoms with Gasteiger partial charge in [-0.2, -0.15) is 0 Å². The van der Waals surface area contributed by atoms with Crippen LogP contribution in [0.2, 0.25) is 5.02 Å². The van der Waals surface area contributed by atoms with Crippen LogP contribution in [0.3, 0.4) is 0 Å². The lowest BCUT2D eigenvalue weighted by Gasteiger charge is -2.18. The Morgan fingerprint density at radius 1 is 1.04 bits per heavy atom. The first-order valence-corrected chi connectivity index (χ1v) is 9.35. The smallest absolute Gasteiger partial charge is 0.272 e. The molecule has 0 aliphatic rings. The number of para-hydroxylation sites is 2. The third kappa shape index (κ3) is 3.62. The zero-order chi connectivity index (χ0) is 19.5. The van der Waals surface area contributed by atoms with E-state index < -0.39 is 0 Å². The Balaban J connectivity index is 1.68. The van der Waals surface area contributed by atoms with E-state index in [0.717, 1.165) is 22.4 Å². The molecule has 0 saturated carbocycles. The number of halogens is 1. The summed E-state index contributed by atoms with van der Waals surface area (Å²) in [5.41, 5.74) is 3.32. The van der Waals surface area contributed by atoms with Gasteiger partial charge in [-0.1, -0.05) is 48.0 Å². The molecular weight excluding hydrogens is 372 g/mol. The average molecular weight is 391 g/mol. The van der Waals surface area contributed by atoms with Crippen molar-refractivity contribution in [2.75, 3.05) is 7.05 Å². The Labute approximate surface area is 168 Å². The second-order valence-electron chi connectivity index (χ2n) is 6.57. The number of amides is 1. The van der Waals surface area contributed by atoms with Crippen LogP contribution < -0.4 is 0 Å². The number of carbonyl (C=O) groups is 1. The number of benzene rings is 2. The lowest BCUT2D eigenvalue weighted by atomic mass is 10.2. The van der Waals surface area contributed by atoms with Crippen LogP contribution in [-0.2, 0) is 13.1 Å². The van der Waals surface area contributed by atoms with Gasteiger partial charge in [0.15, 0.2) is 0 Å². The molecule has 5 nitrogen and oxygen atoms in total. The molecule has 0 fully saturated rings. The summed E-state index contributed by atoms with van der Waals surface area (Å²) in [6.45, 7) is 0.954. The molecule has 0 unspecified atom stereocenters. The molecule has 1 amide bonds. The molecule has 0 atom stereocenters. The molecule has 0 N–H and O–H groups in total. The average Bonchev–Trinajstić information content (AvgIpc) is 3.07. The van der Waals surface area contributed by atoms with Crippen molar-refractivity contribution in [2.24, 2.45) is 0 Å². The molecule has 140 valence electrons. The van der Waals surface area contributed by atoms with Crippen LogP contribution in [0.1, 0.15) is 21.9 Å². The minimum Gasteiger partial charge on any atom is -0.333 e. The maximum Gasteiger partial charge on any atom is 0.272 e. The van der Waals surface area contributed by atoms with E-state index in [-0.39, 0.29) is 5.91 Å². The zero-order valence-corrected chi connectivity index (χ0v) is 16.2. The molecule has 2 aromatic heterocycles. The van der Waals surface area contributed by atoms with E-state index in [2.05, 4.69) is 9.55 Å².